The number of anilines is 1. The van der Waals surface area contributed by atoms with Crippen molar-refractivity contribution in [2.75, 3.05) is 31.6 Å². The van der Waals surface area contributed by atoms with E-state index in [0.717, 1.165) is 38.4 Å². The number of guanidine groups is 1. The summed E-state index contributed by atoms with van der Waals surface area (Å²) in [7, 11) is 1.88. The van der Waals surface area contributed by atoms with E-state index < -0.39 is 0 Å². The first-order valence-corrected chi connectivity index (χ1v) is 11.0. The maximum Gasteiger partial charge on any atom is 0.191 e. The molecule has 1 atom stereocenters. The summed E-state index contributed by atoms with van der Waals surface area (Å²) in [5.41, 5.74) is 3.05. The third-order valence-electron chi connectivity index (χ3n) is 5.89. The number of nitrogens with one attached hydrogen (secondary N) is 2. The lowest BCUT2D eigenvalue weighted by Crippen LogP contribution is -2.49. The van der Waals surface area contributed by atoms with Crippen LogP contribution in [0, 0.1) is 0 Å². The molecule has 0 bridgehead atoms. The molecule has 1 saturated heterocycles. The molecule has 0 spiro atoms. The smallest absolute Gasteiger partial charge is 0.191 e. The Balaban J connectivity index is 1.27. The van der Waals surface area contributed by atoms with Crippen molar-refractivity contribution < 1.29 is 0 Å². The first-order valence-electron chi connectivity index (χ1n) is 10.2. The van der Waals surface area contributed by atoms with Crippen LogP contribution in [0.3, 0.4) is 0 Å². The zero-order valence-corrected chi connectivity index (χ0v) is 17.0. The Morgan fingerprint density at radius 3 is 2.78 bits per heavy atom. The lowest BCUT2D eigenvalue weighted by Gasteiger charge is -2.34. The van der Waals surface area contributed by atoms with E-state index in [0.29, 0.717) is 12.0 Å². The van der Waals surface area contributed by atoms with Gasteiger partial charge in [0, 0.05) is 38.6 Å². The number of hydrogen-bond acceptors (Lipinski definition) is 3. The van der Waals surface area contributed by atoms with Crippen molar-refractivity contribution in [3.05, 3.63) is 52.9 Å². The van der Waals surface area contributed by atoms with Gasteiger partial charge in [-0.1, -0.05) is 24.3 Å². The second-order valence-corrected chi connectivity index (χ2v) is 8.52. The summed E-state index contributed by atoms with van der Waals surface area (Å²) in [5.74, 6) is 1.54. The average Bonchev–Trinajstić information content (AvgIpc) is 3.26. The first kappa shape index (κ1) is 18.4. The van der Waals surface area contributed by atoms with Gasteiger partial charge in [-0.15, -0.1) is 11.3 Å². The summed E-state index contributed by atoms with van der Waals surface area (Å²) >= 11 is 1.84. The second kappa shape index (κ2) is 8.79. The molecule has 5 heteroatoms. The fourth-order valence-corrected chi connectivity index (χ4v) is 5.15. The van der Waals surface area contributed by atoms with Crippen molar-refractivity contribution >= 4 is 22.3 Å². The van der Waals surface area contributed by atoms with Gasteiger partial charge >= 0.3 is 0 Å². The van der Waals surface area contributed by atoms with E-state index in [1.54, 1.807) is 0 Å². The maximum atomic E-state index is 4.47. The van der Waals surface area contributed by atoms with Gasteiger partial charge in [-0.25, -0.2) is 0 Å². The number of hydrogen-bond donors (Lipinski definition) is 2. The van der Waals surface area contributed by atoms with Crippen LogP contribution in [0.4, 0.5) is 5.00 Å². The number of thiophene rings is 1. The number of aliphatic imine (C=N–C) groups is 1. The normalized spacial score (nSPS) is 21.0. The molecule has 2 heterocycles. The van der Waals surface area contributed by atoms with E-state index in [9.17, 15) is 0 Å². The van der Waals surface area contributed by atoms with Gasteiger partial charge in [0.05, 0.1) is 5.00 Å². The maximum absolute atomic E-state index is 4.47. The highest BCUT2D eigenvalue weighted by atomic mass is 32.1. The van der Waals surface area contributed by atoms with E-state index >= 15 is 0 Å². The molecule has 1 fully saturated rings. The van der Waals surface area contributed by atoms with Crippen molar-refractivity contribution in [1.29, 1.82) is 0 Å². The zero-order chi connectivity index (χ0) is 18.5. The largest absolute Gasteiger partial charge is 0.363 e. The summed E-state index contributed by atoms with van der Waals surface area (Å²) in [6, 6.07) is 13.8. The molecule has 1 aromatic carbocycles. The van der Waals surface area contributed by atoms with Gasteiger partial charge in [-0.05, 0) is 60.7 Å². The lowest BCUT2D eigenvalue weighted by atomic mass is 9.83. The summed E-state index contributed by atoms with van der Waals surface area (Å²) in [6.45, 7) is 3.20. The number of piperidine rings is 1. The minimum absolute atomic E-state index is 0.506. The molecule has 4 nitrogen and oxygen atoms in total. The van der Waals surface area contributed by atoms with Crippen LogP contribution in [0.25, 0.3) is 0 Å². The summed E-state index contributed by atoms with van der Waals surface area (Å²) < 4.78 is 0. The van der Waals surface area contributed by atoms with Crippen molar-refractivity contribution in [2.45, 2.75) is 44.1 Å². The van der Waals surface area contributed by atoms with Crippen LogP contribution in [0.1, 0.15) is 42.7 Å². The van der Waals surface area contributed by atoms with Gasteiger partial charge in [0.25, 0.3) is 0 Å². The molecule has 2 aliphatic rings. The molecular weight excluding hydrogens is 352 g/mol. The van der Waals surface area contributed by atoms with Gasteiger partial charge in [0.1, 0.15) is 0 Å². The highest BCUT2D eigenvalue weighted by molar-refractivity contribution is 7.14. The number of fused-ring (bicyclic) bond motifs is 1. The SMILES string of the molecule is CN=C(NCC1CCCc2ccccc21)NC1CCN(c2cccs2)CC1. The highest BCUT2D eigenvalue weighted by Crippen LogP contribution is 2.30. The molecule has 27 heavy (non-hydrogen) atoms. The van der Waals surface area contributed by atoms with E-state index in [1.807, 2.05) is 18.4 Å². The minimum Gasteiger partial charge on any atom is -0.363 e. The number of nitrogens with zero attached hydrogens (tertiary/aromatic N) is 2. The van der Waals surface area contributed by atoms with Crippen molar-refractivity contribution in [3.63, 3.8) is 0 Å². The Labute approximate surface area is 166 Å². The van der Waals surface area contributed by atoms with E-state index in [1.165, 1.54) is 35.4 Å². The summed E-state index contributed by atoms with van der Waals surface area (Å²) in [4.78, 5) is 6.97. The van der Waals surface area contributed by atoms with Gasteiger partial charge in [0.15, 0.2) is 5.96 Å². The molecule has 1 aromatic heterocycles. The Bertz CT molecular complexity index is 747. The summed E-state index contributed by atoms with van der Waals surface area (Å²) in [6.07, 6.45) is 6.09. The average molecular weight is 383 g/mol. The van der Waals surface area contributed by atoms with Gasteiger partial charge in [-0.3, -0.25) is 4.99 Å². The zero-order valence-electron chi connectivity index (χ0n) is 16.2. The molecule has 0 saturated carbocycles. The monoisotopic (exact) mass is 382 g/mol. The van der Waals surface area contributed by atoms with Crippen molar-refractivity contribution in [2.24, 2.45) is 4.99 Å². The first-order chi connectivity index (χ1) is 13.3. The molecule has 1 aliphatic heterocycles. The van der Waals surface area contributed by atoms with Crippen molar-refractivity contribution in [3.8, 4) is 0 Å². The standard InChI is InChI=1S/C22H30N4S/c1-23-22(24-16-18-8-4-7-17-6-2-3-9-20(17)18)25-19-11-13-26(14-12-19)21-10-5-15-27-21/h2-3,5-6,9-10,15,18-19H,4,7-8,11-14,16H2,1H3,(H2,23,24,25). The van der Waals surface area contributed by atoms with Gasteiger partial charge in [-0.2, -0.15) is 0 Å². The molecular formula is C22H30N4S. The molecule has 2 N–H and O–H groups in total. The predicted octanol–water partition coefficient (Wildman–Crippen LogP) is 4.00. The van der Waals surface area contributed by atoms with E-state index in [-0.39, 0.29) is 0 Å². The molecule has 0 amide bonds. The van der Waals surface area contributed by atoms with Crippen LogP contribution in [0.15, 0.2) is 46.8 Å². The molecule has 1 aliphatic carbocycles. The van der Waals surface area contributed by atoms with Crippen LogP contribution in [0.5, 0.6) is 0 Å². The predicted molar refractivity (Wildman–Crippen MR) is 116 cm³/mol. The Kier molecular flexibility index (Phi) is 5.97. The van der Waals surface area contributed by atoms with E-state index in [2.05, 4.69) is 62.3 Å². The van der Waals surface area contributed by atoms with Crippen LogP contribution < -0.4 is 15.5 Å². The van der Waals surface area contributed by atoms with Crippen LogP contribution in [-0.4, -0.2) is 38.7 Å². The molecule has 4 rings (SSSR count). The van der Waals surface area contributed by atoms with Crippen LogP contribution >= 0.6 is 11.3 Å². The highest BCUT2D eigenvalue weighted by Gasteiger charge is 2.22. The third kappa shape index (κ3) is 4.46. The molecule has 2 aromatic rings. The molecule has 0 radical (unpaired) electrons. The third-order valence-corrected chi connectivity index (χ3v) is 6.82. The molecule has 144 valence electrons. The van der Waals surface area contributed by atoms with E-state index in [4.69, 9.17) is 0 Å². The second-order valence-electron chi connectivity index (χ2n) is 7.60. The number of rotatable bonds is 4. The van der Waals surface area contributed by atoms with Crippen LogP contribution in [-0.2, 0) is 6.42 Å². The Hall–Kier alpha value is -2.01. The number of aryl methyl sites for hydroxylation is 1. The lowest BCUT2D eigenvalue weighted by molar-refractivity contribution is 0.459. The van der Waals surface area contributed by atoms with Crippen LogP contribution in [0.2, 0.25) is 0 Å². The van der Waals surface area contributed by atoms with Gasteiger partial charge < -0.3 is 15.5 Å². The van der Waals surface area contributed by atoms with Gasteiger partial charge in [0.2, 0.25) is 0 Å². The quantitative estimate of drug-likeness (QED) is 0.620. The Morgan fingerprint density at radius 2 is 2.00 bits per heavy atom. The fraction of sp³-hybridized carbons (Fsp3) is 0.500. The van der Waals surface area contributed by atoms with Crippen molar-refractivity contribution in [1.82, 2.24) is 10.6 Å². The summed E-state index contributed by atoms with van der Waals surface area (Å²) in [5, 5.41) is 10.8. The Morgan fingerprint density at radius 1 is 1.15 bits per heavy atom. The molecule has 1 unspecified atom stereocenters. The number of benzene rings is 1. The topological polar surface area (TPSA) is 39.7 Å². The fourth-order valence-electron chi connectivity index (χ4n) is 4.37. The minimum atomic E-state index is 0.506.